The van der Waals surface area contributed by atoms with E-state index < -0.39 is 6.10 Å². The summed E-state index contributed by atoms with van der Waals surface area (Å²) < 4.78 is 0. The average Bonchev–Trinajstić information content (AvgIpc) is 2.28. The highest BCUT2D eigenvalue weighted by Crippen LogP contribution is 2.18. The lowest BCUT2D eigenvalue weighted by atomic mass is 10.0. The number of benzene rings is 1. The van der Waals surface area contributed by atoms with Gasteiger partial charge in [0.1, 0.15) is 0 Å². The van der Waals surface area contributed by atoms with E-state index >= 15 is 0 Å². The Labute approximate surface area is 95.5 Å². The van der Waals surface area contributed by atoms with E-state index in [4.69, 9.17) is 5.73 Å². The van der Waals surface area contributed by atoms with Gasteiger partial charge in [0.25, 0.3) is 0 Å². The molecule has 4 nitrogen and oxygen atoms in total. The normalized spacial score (nSPS) is 12.2. The zero-order valence-electron chi connectivity index (χ0n) is 9.66. The number of amides is 1. The van der Waals surface area contributed by atoms with Gasteiger partial charge in [-0.3, -0.25) is 4.79 Å². The third-order valence-electron chi connectivity index (χ3n) is 2.47. The number of hydrogen-bond acceptors (Lipinski definition) is 3. The van der Waals surface area contributed by atoms with Crippen LogP contribution in [0, 0.1) is 13.8 Å². The van der Waals surface area contributed by atoms with Gasteiger partial charge in [-0.1, -0.05) is 23.8 Å². The molecule has 1 rings (SSSR count). The Morgan fingerprint density at radius 1 is 1.50 bits per heavy atom. The fourth-order valence-electron chi connectivity index (χ4n) is 1.51. The summed E-state index contributed by atoms with van der Waals surface area (Å²) in [7, 11) is 0. The number of nitrogens with one attached hydrogen (secondary N) is 1. The molecule has 1 aromatic rings. The van der Waals surface area contributed by atoms with Crippen LogP contribution < -0.4 is 11.1 Å². The molecule has 0 aliphatic rings. The Bertz CT molecular complexity index is 377. The standard InChI is InChI=1S/C12H18N2O2/c1-8-3-4-9(2)10(5-8)11(15)7-14-12(16)6-13/h3-5,11,15H,6-7,13H2,1-2H3,(H,14,16). The quantitative estimate of drug-likeness (QED) is 0.690. The fraction of sp³-hybridized carbons (Fsp3) is 0.417. The van der Waals surface area contributed by atoms with Crippen molar-refractivity contribution in [3.8, 4) is 0 Å². The summed E-state index contributed by atoms with van der Waals surface area (Å²) >= 11 is 0. The average molecular weight is 222 g/mol. The zero-order valence-corrected chi connectivity index (χ0v) is 9.66. The number of aliphatic hydroxyl groups is 1. The first-order chi connectivity index (χ1) is 7.54. The van der Waals surface area contributed by atoms with Crippen LogP contribution in [0.3, 0.4) is 0 Å². The lowest BCUT2D eigenvalue weighted by molar-refractivity contribution is -0.120. The van der Waals surface area contributed by atoms with Crippen molar-refractivity contribution in [3.05, 3.63) is 34.9 Å². The second-order valence-corrected chi connectivity index (χ2v) is 3.88. The van der Waals surface area contributed by atoms with Crippen LogP contribution >= 0.6 is 0 Å². The number of carbonyl (C=O) groups excluding carboxylic acids is 1. The molecule has 0 fully saturated rings. The Morgan fingerprint density at radius 2 is 2.19 bits per heavy atom. The summed E-state index contributed by atoms with van der Waals surface area (Å²) in [4.78, 5) is 11.0. The molecule has 16 heavy (non-hydrogen) atoms. The van der Waals surface area contributed by atoms with E-state index in [0.29, 0.717) is 0 Å². The van der Waals surface area contributed by atoms with Crippen LogP contribution in [0.1, 0.15) is 22.8 Å². The van der Waals surface area contributed by atoms with E-state index in [2.05, 4.69) is 5.32 Å². The molecular weight excluding hydrogens is 204 g/mol. The maximum absolute atomic E-state index is 11.0. The summed E-state index contributed by atoms with van der Waals surface area (Å²) in [5, 5.41) is 12.5. The Balaban J connectivity index is 2.68. The van der Waals surface area contributed by atoms with E-state index in [-0.39, 0.29) is 19.0 Å². The fourth-order valence-corrected chi connectivity index (χ4v) is 1.51. The maximum atomic E-state index is 11.0. The summed E-state index contributed by atoms with van der Waals surface area (Å²) in [5.41, 5.74) is 8.10. The first kappa shape index (κ1) is 12.7. The van der Waals surface area contributed by atoms with Crippen LogP contribution in [0.2, 0.25) is 0 Å². The van der Waals surface area contributed by atoms with Gasteiger partial charge >= 0.3 is 0 Å². The molecule has 0 saturated carbocycles. The minimum absolute atomic E-state index is 0.0560. The predicted octanol–water partition coefficient (Wildman–Crippen LogP) is 0.412. The highest BCUT2D eigenvalue weighted by molar-refractivity contribution is 5.77. The molecule has 1 unspecified atom stereocenters. The summed E-state index contributed by atoms with van der Waals surface area (Å²) in [6.07, 6.45) is -0.685. The lowest BCUT2D eigenvalue weighted by Crippen LogP contribution is -2.33. The molecule has 0 aromatic heterocycles. The topological polar surface area (TPSA) is 75.3 Å². The van der Waals surface area contributed by atoms with Crippen LogP contribution in [0.4, 0.5) is 0 Å². The van der Waals surface area contributed by atoms with Crippen molar-refractivity contribution in [1.82, 2.24) is 5.32 Å². The Kier molecular flexibility index (Phi) is 4.46. The molecule has 4 N–H and O–H groups in total. The van der Waals surface area contributed by atoms with E-state index in [1.54, 1.807) is 0 Å². The van der Waals surface area contributed by atoms with Gasteiger partial charge in [0.2, 0.25) is 5.91 Å². The third-order valence-corrected chi connectivity index (χ3v) is 2.47. The molecule has 88 valence electrons. The van der Waals surface area contributed by atoms with Crippen LogP contribution in [0.15, 0.2) is 18.2 Å². The molecule has 0 aliphatic heterocycles. The number of aryl methyl sites for hydroxylation is 2. The minimum atomic E-state index is -0.685. The molecule has 0 aliphatic carbocycles. The molecule has 0 heterocycles. The molecular formula is C12H18N2O2. The molecule has 4 heteroatoms. The van der Waals surface area contributed by atoms with Crippen molar-refractivity contribution < 1.29 is 9.90 Å². The van der Waals surface area contributed by atoms with Crippen LogP contribution in [0.25, 0.3) is 0 Å². The second-order valence-electron chi connectivity index (χ2n) is 3.88. The van der Waals surface area contributed by atoms with Gasteiger partial charge in [0.05, 0.1) is 12.6 Å². The van der Waals surface area contributed by atoms with Crippen molar-refractivity contribution in [1.29, 1.82) is 0 Å². The van der Waals surface area contributed by atoms with E-state index in [1.165, 1.54) is 0 Å². The Hall–Kier alpha value is -1.39. The van der Waals surface area contributed by atoms with Crippen molar-refractivity contribution in [2.45, 2.75) is 20.0 Å². The SMILES string of the molecule is Cc1ccc(C)c(C(O)CNC(=O)CN)c1. The van der Waals surface area contributed by atoms with Crippen LogP contribution in [0.5, 0.6) is 0 Å². The number of carbonyl (C=O) groups is 1. The van der Waals surface area contributed by atoms with Gasteiger partial charge in [-0.05, 0) is 25.0 Å². The molecule has 0 saturated heterocycles. The van der Waals surface area contributed by atoms with Crippen molar-refractivity contribution in [2.24, 2.45) is 5.73 Å². The second kappa shape index (κ2) is 5.63. The molecule has 1 aromatic carbocycles. The van der Waals surface area contributed by atoms with E-state index in [1.807, 2.05) is 32.0 Å². The van der Waals surface area contributed by atoms with E-state index in [0.717, 1.165) is 16.7 Å². The number of aliphatic hydroxyl groups excluding tert-OH is 1. The van der Waals surface area contributed by atoms with Crippen LogP contribution in [-0.4, -0.2) is 24.1 Å². The predicted molar refractivity (Wildman–Crippen MR) is 62.9 cm³/mol. The Morgan fingerprint density at radius 3 is 2.81 bits per heavy atom. The monoisotopic (exact) mass is 222 g/mol. The largest absolute Gasteiger partial charge is 0.387 e. The van der Waals surface area contributed by atoms with Gasteiger partial charge < -0.3 is 16.2 Å². The minimum Gasteiger partial charge on any atom is -0.387 e. The van der Waals surface area contributed by atoms with Gasteiger partial charge in [-0.15, -0.1) is 0 Å². The molecule has 0 bridgehead atoms. The molecule has 0 spiro atoms. The third kappa shape index (κ3) is 3.32. The number of rotatable bonds is 4. The lowest BCUT2D eigenvalue weighted by Gasteiger charge is -2.15. The maximum Gasteiger partial charge on any atom is 0.233 e. The number of nitrogens with two attached hydrogens (primary N) is 1. The van der Waals surface area contributed by atoms with Gasteiger partial charge in [0.15, 0.2) is 0 Å². The molecule has 0 radical (unpaired) electrons. The smallest absolute Gasteiger partial charge is 0.233 e. The first-order valence-electron chi connectivity index (χ1n) is 5.26. The van der Waals surface area contributed by atoms with Crippen molar-refractivity contribution in [3.63, 3.8) is 0 Å². The zero-order chi connectivity index (χ0) is 12.1. The van der Waals surface area contributed by atoms with Gasteiger partial charge in [0, 0.05) is 6.54 Å². The van der Waals surface area contributed by atoms with Crippen molar-refractivity contribution in [2.75, 3.05) is 13.1 Å². The van der Waals surface area contributed by atoms with Gasteiger partial charge in [-0.2, -0.15) is 0 Å². The summed E-state index contributed by atoms with van der Waals surface area (Å²) in [6, 6.07) is 5.87. The number of hydrogen-bond donors (Lipinski definition) is 3. The highest BCUT2D eigenvalue weighted by Gasteiger charge is 2.11. The first-order valence-corrected chi connectivity index (χ1v) is 5.26. The highest BCUT2D eigenvalue weighted by atomic mass is 16.3. The summed E-state index contributed by atoms with van der Waals surface area (Å²) in [6.45, 7) is 4.04. The van der Waals surface area contributed by atoms with Crippen LogP contribution in [-0.2, 0) is 4.79 Å². The van der Waals surface area contributed by atoms with Crippen molar-refractivity contribution >= 4 is 5.91 Å². The van der Waals surface area contributed by atoms with Gasteiger partial charge in [-0.25, -0.2) is 0 Å². The molecule has 1 atom stereocenters. The molecule has 1 amide bonds. The summed E-state index contributed by atoms with van der Waals surface area (Å²) in [5.74, 6) is -0.260. The van der Waals surface area contributed by atoms with E-state index in [9.17, 15) is 9.90 Å².